The SMILES string of the molecule is COC(C)(C)c1nnc(CNC2CC2)s1. The molecule has 5 heteroatoms. The van der Waals surface area contributed by atoms with Crippen molar-refractivity contribution < 1.29 is 4.74 Å². The highest BCUT2D eigenvalue weighted by Crippen LogP contribution is 2.27. The predicted molar refractivity (Wildman–Crippen MR) is 59.8 cm³/mol. The number of nitrogens with zero attached hydrogens (tertiary/aromatic N) is 2. The van der Waals surface area contributed by atoms with E-state index in [1.54, 1.807) is 18.4 Å². The molecule has 84 valence electrons. The normalized spacial score (nSPS) is 17.0. The number of hydrogen-bond acceptors (Lipinski definition) is 5. The Balaban J connectivity index is 1.96. The van der Waals surface area contributed by atoms with Gasteiger partial charge in [0.2, 0.25) is 0 Å². The van der Waals surface area contributed by atoms with Gasteiger partial charge in [-0.15, -0.1) is 10.2 Å². The van der Waals surface area contributed by atoms with Crippen molar-refractivity contribution >= 4 is 11.3 Å². The van der Waals surface area contributed by atoms with Crippen LogP contribution in [0.25, 0.3) is 0 Å². The molecule has 1 aliphatic rings. The first-order chi connectivity index (χ1) is 7.12. The molecule has 1 aromatic rings. The second kappa shape index (κ2) is 4.15. The molecule has 2 rings (SSSR count). The van der Waals surface area contributed by atoms with Crippen LogP contribution in [-0.2, 0) is 16.9 Å². The molecule has 0 radical (unpaired) electrons. The van der Waals surface area contributed by atoms with Crippen LogP contribution in [0.5, 0.6) is 0 Å². The van der Waals surface area contributed by atoms with E-state index in [0.29, 0.717) is 6.04 Å². The van der Waals surface area contributed by atoms with Crippen LogP contribution in [0.2, 0.25) is 0 Å². The Labute approximate surface area is 94.1 Å². The smallest absolute Gasteiger partial charge is 0.148 e. The maximum absolute atomic E-state index is 5.36. The Morgan fingerprint density at radius 1 is 1.47 bits per heavy atom. The van der Waals surface area contributed by atoms with E-state index in [2.05, 4.69) is 15.5 Å². The highest BCUT2D eigenvalue weighted by Gasteiger charge is 2.25. The molecule has 1 heterocycles. The van der Waals surface area contributed by atoms with Crippen LogP contribution in [0.4, 0.5) is 0 Å². The van der Waals surface area contributed by atoms with Crippen molar-refractivity contribution in [2.45, 2.75) is 44.9 Å². The Morgan fingerprint density at radius 2 is 2.20 bits per heavy atom. The fourth-order valence-corrected chi connectivity index (χ4v) is 2.05. The molecule has 4 nitrogen and oxygen atoms in total. The number of methoxy groups -OCH3 is 1. The van der Waals surface area contributed by atoms with Crippen molar-refractivity contribution in [3.63, 3.8) is 0 Å². The summed E-state index contributed by atoms with van der Waals surface area (Å²) in [6.45, 7) is 4.85. The van der Waals surface area contributed by atoms with Crippen LogP contribution in [0.1, 0.15) is 36.7 Å². The summed E-state index contributed by atoms with van der Waals surface area (Å²) in [5.41, 5.74) is -0.324. The summed E-state index contributed by atoms with van der Waals surface area (Å²) in [6.07, 6.45) is 2.60. The standard InChI is InChI=1S/C10H17N3OS/c1-10(2,14-3)9-13-12-8(15-9)6-11-7-4-5-7/h7,11H,4-6H2,1-3H3. The minimum Gasteiger partial charge on any atom is -0.372 e. The molecule has 1 fully saturated rings. The van der Waals surface area contributed by atoms with Gasteiger partial charge in [-0.2, -0.15) is 0 Å². The van der Waals surface area contributed by atoms with Gasteiger partial charge in [-0.3, -0.25) is 0 Å². The summed E-state index contributed by atoms with van der Waals surface area (Å²) >= 11 is 1.62. The first kappa shape index (κ1) is 11.0. The van der Waals surface area contributed by atoms with E-state index < -0.39 is 0 Å². The zero-order valence-corrected chi connectivity index (χ0v) is 10.2. The molecule has 1 aliphatic carbocycles. The Morgan fingerprint density at radius 3 is 2.80 bits per heavy atom. The van der Waals surface area contributed by atoms with Gasteiger partial charge in [0.1, 0.15) is 15.6 Å². The lowest BCUT2D eigenvalue weighted by molar-refractivity contribution is 0.0185. The Bertz CT molecular complexity index is 333. The number of nitrogens with one attached hydrogen (secondary N) is 1. The molecule has 0 unspecified atom stereocenters. The van der Waals surface area contributed by atoms with E-state index in [1.165, 1.54) is 12.8 Å². The topological polar surface area (TPSA) is 47.0 Å². The number of ether oxygens (including phenoxy) is 1. The molecule has 0 aliphatic heterocycles. The van der Waals surface area contributed by atoms with Crippen molar-refractivity contribution in [2.24, 2.45) is 0 Å². The van der Waals surface area contributed by atoms with E-state index in [1.807, 2.05) is 13.8 Å². The minimum absolute atomic E-state index is 0.324. The summed E-state index contributed by atoms with van der Waals surface area (Å²) in [7, 11) is 1.70. The van der Waals surface area contributed by atoms with Crippen LogP contribution >= 0.6 is 11.3 Å². The van der Waals surface area contributed by atoms with Gasteiger partial charge in [0.15, 0.2) is 0 Å². The summed E-state index contributed by atoms with van der Waals surface area (Å²) in [4.78, 5) is 0. The third-order valence-corrected chi connectivity index (χ3v) is 3.84. The maximum atomic E-state index is 5.36. The summed E-state index contributed by atoms with van der Waals surface area (Å²) in [6, 6.07) is 0.716. The predicted octanol–water partition coefficient (Wildman–Crippen LogP) is 1.67. The summed E-state index contributed by atoms with van der Waals surface area (Å²) in [5.74, 6) is 0. The number of aromatic nitrogens is 2. The second-order valence-electron chi connectivity index (χ2n) is 4.37. The van der Waals surface area contributed by atoms with E-state index in [4.69, 9.17) is 4.74 Å². The highest BCUT2D eigenvalue weighted by molar-refractivity contribution is 7.11. The van der Waals surface area contributed by atoms with Crippen LogP contribution in [0.15, 0.2) is 0 Å². The molecular formula is C10H17N3OS. The molecular weight excluding hydrogens is 210 g/mol. The fraction of sp³-hybridized carbons (Fsp3) is 0.800. The third-order valence-electron chi connectivity index (χ3n) is 2.61. The van der Waals surface area contributed by atoms with Crippen LogP contribution in [0.3, 0.4) is 0 Å². The van der Waals surface area contributed by atoms with Gasteiger partial charge in [-0.05, 0) is 26.7 Å². The van der Waals surface area contributed by atoms with E-state index in [0.717, 1.165) is 16.6 Å². The lowest BCUT2D eigenvalue weighted by atomic mass is 10.1. The summed E-state index contributed by atoms with van der Waals surface area (Å²) < 4.78 is 5.36. The van der Waals surface area contributed by atoms with E-state index in [9.17, 15) is 0 Å². The molecule has 0 saturated heterocycles. The van der Waals surface area contributed by atoms with E-state index >= 15 is 0 Å². The Hall–Kier alpha value is -0.520. The lowest BCUT2D eigenvalue weighted by Gasteiger charge is -2.18. The van der Waals surface area contributed by atoms with Crippen molar-refractivity contribution in [1.82, 2.24) is 15.5 Å². The minimum atomic E-state index is -0.324. The van der Waals surface area contributed by atoms with Crippen molar-refractivity contribution in [3.8, 4) is 0 Å². The Kier molecular flexibility index (Phi) is 3.04. The van der Waals surface area contributed by atoms with Gasteiger partial charge >= 0.3 is 0 Å². The fourth-order valence-electron chi connectivity index (χ4n) is 1.17. The maximum Gasteiger partial charge on any atom is 0.148 e. The second-order valence-corrected chi connectivity index (χ2v) is 5.43. The molecule has 0 atom stereocenters. The molecule has 0 bridgehead atoms. The zero-order chi connectivity index (χ0) is 10.9. The quantitative estimate of drug-likeness (QED) is 0.831. The molecule has 0 spiro atoms. The lowest BCUT2D eigenvalue weighted by Crippen LogP contribution is -2.18. The van der Waals surface area contributed by atoms with Crippen molar-refractivity contribution in [1.29, 1.82) is 0 Å². The summed E-state index contributed by atoms with van der Waals surface area (Å²) in [5, 5.41) is 13.7. The van der Waals surface area contributed by atoms with Crippen LogP contribution < -0.4 is 5.32 Å². The number of hydrogen-bond donors (Lipinski definition) is 1. The van der Waals surface area contributed by atoms with Gasteiger partial charge in [0.05, 0.1) is 0 Å². The van der Waals surface area contributed by atoms with Crippen molar-refractivity contribution in [3.05, 3.63) is 10.0 Å². The first-order valence-electron chi connectivity index (χ1n) is 5.23. The van der Waals surface area contributed by atoms with Crippen LogP contribution in [-0.4, -0.2) is 23.3 Å². The van der Waals surface area contributed by atoms with Gasteiger partial charge in [0, 0.05) is 19.7 Å². The van der Waals surface area contributed by atoms with Gasteiger partial charge in [-0.25, -0.2) is 0 Å². The highest BCUT2D eigenvalue weighted by atomic mass is 32.1. The molecule has 1 aromatic heterocycles. The molecule has 0 aromatic carbocycles. The average Bonchev–Trinajstić information content (AvgIpc) is 2.92. The van der Waals surface area contributed by atoms with Crippen LogP contribution in [0, 0.1) is 0 Å². The average molecular weight is 227 g/mol. The molecule has 0 amide bonds. The third kappa shape index (κ3) is 2.74. The molecule has 15 heavy (non-hydrogen) atoms. The monoisotopic (exact) mass is 227 g/mol. The first-order valence-corrected chi connectivity index (χ1v) is 6.05. The van der Waals surface area contributed by atoms with Gasteiger partial charge in [-0.1, -0.05) is 11.3 Å². The van der Waals surface area contributed by atoms with Crippen molar-refractivity contribution in [2.75, 3.05) is 7.11 Å². The van der Waals surface area contributed by atoms with Gasteiger partial charge in [0.25, 0.3) is 0 Å². The largest absolute Gasteiger partial charge is 0.372 e. The zero-order valence-electron chi connectivity index (χ0n) is 9.41. The van der Waals surface area contributed by atoms with Gasteiger partial charge < -0.3 is 10.1 Å². The molecule has 1 saturated carbocycles. The molecule has 1 N–H and O–H groups in total. The van der Waals surface area contributed by atoms with E-state index in [-0.39, 0.29) is 5.60 Å². The number of rotatable bonds is 5.